The fraction of sp³-hybridized carbons (Fsp3) is 0.556. The van der Waals surface area contributed by atoms with Crippen LogP contribution in [0.2, 0.25) is 10.3 Å². The van der Waals surface area contributed by atoms with Crippen LogP contribution in [-0.4, -0.2) is 10.2 Å². The summed E-state index contributed by atoms with van der Waals surface area (Å²) in [5.41, 5.74) is 1.06. The molecule has 0 radical (unpaired) electrons. The molecule has 1 aromatic heterocycles. The Bertz CT molecular complexity index is 327. The first-order valence-electron chi connectivity index (χ1n) is 4.41. The van der Waals surface area contributed by atoms with E-state index in [9.17, 15) is 0 Å². The number of aromatic nitrogens is 2. The maximum absolute atomic E-state index is 5.92. The molecule has 2 atom stereocenters. The molecular formula is C9H10Cl2N2. The van der Waals surface area contributed by atoms with Crippen molar-refractivity contribution in [2.24, 2.45) is 5.92 Å². The van der Waals surface area contributed by atoms with Gasteiger partial charge in [-0.05, 0) is 29.9 Å². The van der Waals surface area contributed by atoms with Crippen molar-refractivity contribution in [3.8, 4) is 0 Å². The maximum atomic E-state index is 5.92. The summed E-state index contributed by atoms with van der Waals surface area (Å²) in [6.07, 6.45) is 2.40. The van der Waals surface area contributed by atoms with Crippen LogP contribution >= 0.6 is 23.2 Å². The van der Waals surface area contributed by atoms with Crippen LogP contribution in [0.25, 0.3) is 0 Å². The molecule has 4 heteroatoms. The zero-order valence-corrected chi connectivity index (χ0v) is 8.81. The third-order valence-electron chi connectivity index (χ3n) is 2.59. The lowest BCUT2D eigenvalue weighted by atomic mass is 10.1. The summed E-state index contributed by atoms with van der Waals surface area (Å²) in [7, 11) is 0. The molecule has 1 aromatic rings. The molecule has 2 nitrogen and oxygen atoms in total. The van der Waals surface area contributed by atoms with Crippen LogP contribution in [0.5, 0.6) is 0 Å². The molecule has 1 heterocycles. The predicted molar refractivity (Wildman–Crippen MR) is 53.2 cm³/mol. The van der Waals surface area contributed by atoms with Crippen molar-refractivity contribution < 1.29 is 0 Å². The molecule has 13 heavy (non-hydrogen) atoms. The van der Waals surface area contributed by atoms with Crippen molar-refractivity contribution >= 4 is 23.2 Å². The van der Waals surface area contributed by atoms with Gasteiger partial charge in [-0.15, -0.1) is 10.2 Å². The van der Waals surface area contributed by atoms with E-state index in [0.29, 0.717) is 16.2 Å². The van der Waals surface area contributed by atoms with Gasteiger partial charge in [0.2, 0.25) is 0 Å². The van der Waals surface area contributed by atoms with E-state index in [1.54, 1.807) is 0 Å². The van der Waals surface area contributed by atoms with E-state index in [1.807, 2.05) is 6.07 Å². The van der Waals surface area contributed by atoms with Gasteiger partial charge in [0, 0.05) is 0 Å². The lowest BCUT2D eigenvalue weighted by Gasteiger charge is -2.00. The number of nitrogens with zero attached hydrogens (tertiary/aromatic N) is 2. The standard InChI is InChI=1S/C9H10Cl2N2/c1-2-5-3-6(5)7-4-8(10)12-13-9(7)11/h4-6H,2-3H2,1H3/t5-,6-/m1/s1. The molecule has 0 aliphatic heterocycles. The van der Waals surface area contributed by atoms with Crippen LogP contribution in [-0.2, 0) is 0 Å². The van der Waals surface area contributed by atoms with E-state index in [0.717, 1.165) is 11.5 Å². The van der Waals surface area contributed by atoms with Gasteiger partial charge in [0.25, 0.3) is 0 Å². The summed E-state index contributed by atoms with van der Waals surface area (Å²) in [6.45, 7) is 2.19. The van der Waals surface area contributed by atoms with Crippen molar-refractivity contribution in [3.63, 3.8) is 0 Å². The average molecular weight is 217 g/mol. The molecule has 0 spiro atoms. The van der Waals surface area contributed by atoms with Gasteiger partial charge in [0.05, 0.1) is 0 Å². The lowest BCUT2D eigenvalue weighted by molar-refractivity contribution is 0.762. The van der Waals surface area contributed by atoms with Crippen LogP contribution < -0.4 is 0 Å². The Balaban J connectivity index is 2.25. The average Bonchev–Trinajstić information content (AvgIpc) is 2.88. The number of rotatable bonds is 2. The molecule has 0 bridgehead atoms. The maximum Gasteiger partial charge on any atom is 0.155 e. The molecule has 0 N–H and O–H groups in total. The van der Waals surface area contributed by atoms with Gasteiger partial charge >= 0.3 is 0 Å². The molecule has 0 saturated heterocycles. The van der Waals surface area contributed by atoms with Crippen molar-refractivity contribution in [2.45, 2.75) is 25.7 Å². The van der Waals surface area contributed by atoms with E-state index >= 15 is 0 Å². The summed E-state index contributed by atoms with van der Waals surface area (Å²) in [5.74, 6) is 1.32. The Morgan fingerprint density at radius 3 is 2.85 bits per heavy atom. The normalized spacial score (nSPS) is 26.1. The van der Waals surface area contributed by atoms with E-state index in [4.69, 9.17) is 23.2 Å². The number of hydrogen-bond acceptors (Lipinski definition) is 2. The van der Waals surface area contributed by atoms with Crippen LogP contribution in [0.4, 0.5) is 0 Å². The smallest absolute Gasteiger partial charge is 0.137 e. The summed E-state index contributed by atoms with van der Waals surface area (Å²) in [6, 6.07) is 1.83. The molecule has 0 aromatic carbocycles. The highest BCUT2D eigenvalue weighted by Gasteiger charge is 2.38. The van der Waals surface area contributed by atoms with Gasteiger partial charge in [-0.3, -0.25) is 0 Å². The summed E-state index contributed by atoms with van der Waals surface area (Å²) in [5, 5.41) is 8.41. The monoisotopic (exact) mass is 216 g/mol. The first kappa shape index (κ1) is 9.22. The Kier molecular flexibility index (Phi) is 2.43. The highest BCUT2D eigenvalue weighted by molar-refractivity contribution is 6.31. The fourth-order valence-corrected chi connectivity index (χ4v) is 2.09. The van der Waals surface area contributed by atoms with Crippen LogP contribution in [0, 0.1) is 5.92 Å². The largest absolute Gasteiger partial charge is 0.155 e. The van der Waals surface area contributed by atoms with Crippen LogP contribution in [0.15, 0.2) is 6.07 Å². The molecule has 0 unspecified atom stereocenters. The zero-order valence-electron chi connectivity index (χ0n) is 7.30. The van der Waals surface area contributed by atoms with Gasteiger partial charge in [0.15, 0.2) is 10.3 Å². The Labute approximate surface area is 87.3 Å². The summed E-state index contributed by atoms with van der Waals surface area (Å²) >= 11 is 11.7. The molecule has 1 saturated carbocycles. The minimum atomic E-state index is 0.432. The van der Waals surface area contributed by atoms with E-state index in [-0.39, 0.29) is 0 Å². The van der Waals surface area contributed by atoms with Gasteiger partial charge in [-0.2, -0.15) is 0 Å². The van der Waals surface area contributed by atoms with Gasteiger partial charge in [0.1, 0.15) is 0 Å². The number of hydrogen-bond donors (Lipinski definition) is 0. The van der Waals surface area contributed by atoms with E-state index < -0.39 is 0 Å². The van der Waals surface area contributed by atoms with Crippen LogP contribution in [0.1, 0.15) is 31.2 Å². The van der Waals surface area contributed by atoms with Crippen molar-refractivity contribution in [1.82, 2.24) is 10.2 Å². The highest BCUT2D eigenvalue weighted by Crippen LogP contribution is 2.51. The SMILES string of the molecule is CC[C@@H]1C[C@H]1c1cc(Cl)nnc1Cl. The molecule has 1 aliphatic carbocycles. The zero-order chi connectivity index (χ0) is 9.42. The molecular weight excluding hydrogens is 207 g/mol. The Morgan fingerprint density at radius 2 is 2.23 bits per heavy atom. The highest BCUT2D eigenvalue weighted by atomic mass is 35.5. The molecule has 2 rings (SSSR count). The predicted octanol–water partition coefficient (Wildman–Crippen LogP) is 3.30. The second kappa shape index (κ2) is 3.43. The Hall–Kier alpha value is -0.340. The van der Waals surface area contributed by atoms with E-state index in [1.165, 1.54) is 12.8 Å². The van der Waals surface area contributed by atoms with Gasteiger partial charge in [-0.1, -0.05) is 36.5 Å². The second-order valence-corrected chi connectivity index (χ2v) is 4.17. The molecule has 1 aliphatic rings. The Morgan fingerprint density at radius 1 is 1.46 bits per heavy atom. The minimum Gasteiger partial charge on any atom is -0.137 e. The van der Waals surface area contributed by atoms with Crippen molar-refractivity contribution in [1.29, 1.82) is 0 Å². The van der Waals surface area contributed by atoms with Crippen molar-refractivity contribution in [2.75, 3.05) is 0 Å². The quantitative estimate of drug-likeness (QED) is 0.759. The van der Waals surface area contributed by atoms with Gasteiger partial charge in [-0.25, -0.2) is 0 Å². The second-order valence-electron chi connectivity index (χ2n) is 3.42. The minimum absolute atomic E-state index is 0.432. The number of halogens is 2. The molecule has 70 valence electrons. The fourth-order valence-electron chi connectivity index (χ4n) is 1.71. The first-order chi connectivity index (χ1) is 6.22. The third-order valence-corrected chi connectivity index (χ3v) is 3.07. The topological polar surface area (TPSA) is 25.8 Å². The molecule has 1 fully saturated rings. The first-order valence-corrected chi connectivity index (χ1v) is 5.16. The summed E-state index contributed by atoms with van der Waals surface area (Å²) < 4.78 is 0. The van der Waals surface area contributed by atoms with Crippen LogP contribution in [0.3, 0.4) is 0 Å². The van der Waals surface area contributed by atoms with E-state index in [2.05, 4.69) is 17.1 Å². The summed E-state index contributed by atoms with van der Waals surface area (Å²) in [4.78, 5) is 0. The van der Waals surface area contributed by atoms with Gasteiger partial charge < -0.3 is 0 Å². The molecule has 0 amide bonds. The van der Waals surface area contributed by atoms with Crippen molar-refractivity contribution in [3.05, 3.63) is 21.9 Å². The lowest BCUT2D eigenvalue weighted by Crippen LogP contribution is -1.91. The third kappa shape index (κ3) is 1.79.